The Balaban J connectivity index is 1.74. The molecule has 1 aliphatic heterocycles. The Kier molecular flexibility index (Phi) is 4.88. The van der Waals surface area contributed by atoms with Crippen LogP contribution >= 0.6 is 23.2 Å². The molecule has 0 aliphatic carbocycles. The van der Waals surface area contributed by atoms with Gasteiger partial charge in [0.15, 0.2) is 0 Å². The first-order valence-corrected chi connectivity index (χ1v) is 8.13. The van der Waals surface area contributed by atoms with E-state index in [1.807, 2.05) is 6.07 Å². The van der Waals surface area contributed by atoms with Crippen LogP contribution in [0.25, 0.3) is 0 Å². The van der Waals surface area contributed by atoms with Crippen LogP contribution in [-0.4, -0.2) is 12.6 Å². The van der Waals surface area contributed by atoms with E-state index in [2.05, 4.69) is 0 Å². The van der Waals surface area contributed by atoms with Gasteiger partial charge < -0.3 is 4.74 Å². The molecule has 1 heterocycles. The lowest BCUT2D eigenvalue weighted by molar-refractivity contribution is -0.141. The maximum Gasteiger partial charge on any atom is 0.309 e. The van der Waals surface area contributed by atoms with Crippen LogP contribution in [0.1, 0.15) is 11.1 Å². The molecule has 0 aromatic heterocycles. The zero-order valence-electron chi connectivity index (χ0n) is 12.3. The molecule has 0 radical (unpaired) electrons. The van der Waals surface area contributed by atoms with Crippen molar-refractivity contribution >= 4 is 29.2 Å². The number of ether oxygens (including phenoxy) is 1. The third-order valence-corrected chi connectivity index (χ3v) is 4.90. The van der Waals surface area contributed by atoms with Gasteiger partial charge in [0.2, 0.25) is 0 Å². The van der Waals surface area contributed by atoms with E-state index in [4.69, 9.17) is 27.9 Å². The van der Waals surface area contributed by atoms with Crippen LogP contribution in [0, 0.1) is 17.7 Å². The van der Waals surface area contributed by atoms with E-state index in [0.717, 1.165) is 11.1 Å². The van der Waals surface area contributed by atoms with Crippen LogP contribution in [0.15, 0.2) is 42.5 Å². The van der Waals surface area contributed by atoms with Gasteiger partial charge in [-0.25, -0.2) is 4.39 Å². The molecule has 23 heavy (non-hydrogen) atoms. The van der Waals surface area contributed by atoms with Crippen molar-refractivity contribution in [1.82, 2.24) is 0 Å². The first kappa shape index (κ1) is 16.3. The molecule has 2 aromatic carbocycles. The van der Waals surface area contributed by atoms with Crippen molar-refractivity contribution in [1.29, 1.82) is 0 Å². The Morgan fingerprint density at radius 2 is 1.70 bits per heavy atom. The minimum absolute atomic E-state index is 0.0717. The Labute approximate surface area is 144 Å². The van der Waals surface area contributed by atoms with Gasteiger partial charge in [0.1, 0.15) is 5.82 Å². The SMILES string of the molecule is O=C1OC[C@H](Cc2ccc(F)cc2)[C@H]1Cc1ccc(Cl)c(Cl)c1. The van der Waals surface area contributed by atoms with Gasteiger partial charge in [0, 0.05) is 5.92 Å². The summed E-state index contributed by atoms with van der Waals surface area (Å²) in [5.41, 5.74) is 1.95. The predicted octanol–water partition coefficient (Wildman–Crippen LogP) is 4.71. The van der Waals surface area contributed by atoms with Crippen molar-refractivity contribution < 1.29 is 13.9 Å². The van der Waals surface area contributed by atoms with E-state index in [-0.39, 0.29) is 23.6 Å². The molecule has 1 fully saturated rings. The number of esters is 1. The average molecular weight is 353 g/mol. The molecule has 3 rings (SSSR count). The van der Waals surface area contributed by atoms with E-state index in [1.54, 1.807) is 24.3 Å². The number of carbonyl (C=O) groups excluding carboxylic acids is 1. The second-order valence-corrected chi connectivity index (χ2v) is 6.59. The van der Waals surface area contributed by atoms with E-state index in [1.165, 1.54) is 12.1 Å². The summed E-state index contributed by atoms with van der Waals surface area (Å²) in [5.74, 6) is -0.609. The standard InChI is InChI=1S/C18H15Cl2FO2/c19-16-6-3-12(9-17(16)20)8-15-13(10-23-18(15)22)7-11-1-4-14(21)5-2-11/h1-6,9,13,15H,7-8,10H2/t13-,15+/m0/s1. The normalized spacial score (nSPS) is 20.6. The van der Waals surface area contributed by atoms with Crippen LogP contribution in [0.5, 0.6) is 0 Å². The van der Waals surface area contributed by atoms with Crippen LogP contribution in [0.4, 0.5) is 4.39 Å². The molecule has 0 saturated carbocycles. The molecule has 2 atom stereocenters. The highest BCUT2D eigenvalue weighted by molar-refractivity contribution is 6.42. The lowest BCUT2D eigenvalue weighted by Crippen LogP contribution is -2.20. The summed E-state index contributed by atoms with van der Waals surface area (Å²) in [6.07, 6.45) is 1.24. The Morgan fingerprint density at radius 3 is 2.39 bits per heavy atom. The van der Waals surface area contributed by atoms with Crippen molar-refractivity contribution in [3.63, 3.8) is 0 Å². The van der Waals surface area contributed by atoms with Gasteiger partial charge in [-0.3, -0.25) is 4.79 Å². The van der Waals surface area contributed by atoms with Crippen molar-refractivity contribution in [2.45, 2.75) is 12.8 Å². The smallest absolute Gasteiger partial charge is 0.309 e. The molecule has 0 bridgehead atoms. The Hall–Kier alpha value is -1.58. The van der Waals surface area contributed by atoms with Crippen LogP contribution in [-0.2, 0) is 22.4 Å². The third kappa shape index (κ3) is 3.85. The first-order valence-electron chi connectivity index (χ1n) is 7.38. The molecular weight excluding hydrogens is 338 g/mol. The molecule has 2 aromatic rings. The number of benzene rings is 2. The molecule has 0 spiro atoms. The van der Waals surface area contributed by atoms with Crippen LogP contribution in [0.3, 0.4) is 0 Å². The summed E-state index contributed by atoms with van der Waals surface area (Å²) in [4.78, 5) is 12.0. The van der Waals surface area contributed by atoms with E-state index < -0.39 is 0 Å². The highest BCUT2D eigenvalue weighted by Gasteiger charge is 2.36. The minimum Gasteiger partial charge on any atom is -0.465 e. The number of carbonyl (C=O) groups is 1. The molecule has 0 unspecified atom stereocenters. The highest BCUT2D eigenvalue weighted by Crippen LogP contribution is 2.31. The zero-order chi connectivity index (χ0) is 16.4. The lowest BCUT2D eigenvalue weighted by atomic mass is 9.85. The van der Waals surface area contributed by atoms with Crippen LogP contribution < -0.4 is 0 Å². The molecule has 1 aliphatic rings. The van der Waals surface area contributed by atoms with Crippen molar-refractivity contribution in [3.05, 3.63) is 69.5 Å². The number of halogens is 3. The topological polar surface area (TPSA) is 26.3 Å². The fourth-order valence-corrected chi connectivity index (χ4v) is 3.22. The summed E-state index contributed by atoms with van der Waals surface area (Å²) in [7, 11) is 0. The summed E-state index contributed by atoms with van der Waals surface area (Å²) in [6, 6.07) is 11.7. The fraction of sp³-hybridized carbons (Fsp3) is 0.278. The summed E-state index contributed by atoms with van der Waals surface area (Å²) >= 11 is 12.0. The Bertz CT molecular complexity index is 715. The van der Waals surface area contributed by atoms with Gasteiger partial charge >= 0.3 is 5.97 Å². The summed E-state index contributed by atoms with van der Waals surface area (Å²) in [6.45, 7) is 0.391. The second kappa shape index (κ2) is 6.90. The average Bonchev–Trinajstić information content (AvgIpc) is 2.86. The van der Waals surface area contributed by atoms with Crippen LogP contribution in [0.2, 0.25) is 10.0 Å². The van der Waals surface area contributed by atoms with Gasteiger partial charge in [0.05, 0.1) is 22.6 Å². The summed E-state index contributed by atoms with van der Waals surface area (Å²) < 4.78 is 18.2. The highest BCUT2D eigenvalue weighted by atomic mass is 35.5. The minimum atomic E-state index is -0.264. The molecule has 120 valence electrons. The van der Waals surface area contributed by atoms with E-state index >= 15 is 0 Å². The van der Waals surface area contributed by atoms with E-state index in [9.17, 15) is 9.18 Å². The van der Waals surface area contributed by atoms with Gasteiger partial charge in [0.25, 0.3) is 0 Å². The zero-order valence-corrected chi connectivity index (χ0v) is 13.8. The molecule has 5 heteroatoms. The molecule has 1 saturated heterocycles. The molecule has 0 amide bonds. The number of cyclic esters (lactones) is 1. The molecule has 0 N–H and O–H groups in total. The lowest BCUT2D eigenvalue weighted by Gasteiger charge is -2.15. The fourth-order valence-electron chi connectivity index (χ4n) is 2.90. The van der Waals surface area contributed by atoms with Gasteiger partial charge in [-0.1, -0.05) is 41.4 Å². The van der Waals surface area contributed by atoms with Crippen molar-refractivity contribution in [3.8, 4) is 0 Å². The van der Waals surface area contributed by atoms with Gasteiger partial charge in [-0.2, -0.15) is 0 Å². The maximum atomic E-state index is 13.0. The number of hydrogen-bond donors (Lipinski definition) is 0. The monoisotopic (exact) mass is 352 g/mol. The van der Waals surface area contributed by atoms with E-state index in [0.29, 0.717) is 29.5 Å². The Morgan fingerprint density at radius 1 is 1.00 bits per heavy atom. The largest absolute Gasteiger partial charge is 0.465 e. The quantitative estimate of drug-likeness (QED) is 0.745. The van der Waals surface area contributed by atoms with Gasteiger partial charge in [-0.15, -0.1) is 0 Å². The third-order valence-electron chi connectivity index (χ3n) is 4.16. The maximum absolute atomic E-state index is 13.0. The second-order valence-electron chi connectivity index (χ2n) is 5.78. The summed E-state index contributed by atoms with van der Waals surface area (Å²) in [5, 5.41) is 0.970. The number of hydrogen-bond acceptors (Lipinski definition) is 2. The first-order chi connectivity index (χ1) is 11.0. The van der Waals surface area contributed by atoms with Crippen molar-refractivity contribution in [2.24, 2.45) is 11.8 Å². The molecular formula is C18H15Cl2FO2. The predicted molar refractivity (Wildman–Crippen MR) is 88.2 cm³/mol. The number of rotatable bonds is 4. The van der Waals surface area contributed by atoms with Gasteiger partial charge in [-0.05, 0) is 48.2 Å². The molecule has 2 nitrogen and oxygen atoms in total. The van der Waals surface area contributed by atoms with Crippen molar-refractivity contribution in [2.75, 3.05) is 6.61 Å².